The van der Waals surface area contributed by atoms with Gasteiger partial charge in [0.15, 0.2) is 16.7 Å². The second-order valence-corrected chi connectivity index (χ2v) is 8.75. The Labute approximate surface area is 202 Å². The number of hydrogen-bond acceptors (Lipinski definition) is 7. The number of nitrogens with one attached hydrogen (secondary N) is 1. The summed E-state index contributed by atoms with van der Waals surface area (Å²) in [7, 11) is 1.59. The SMILES string of the molecule is COc1ccccc1OCCNC(=O)CSc1nnc(N2CCCC2)n1-c1ccccc1Cl. The summed E-state index contributed by atoms with van der Waals surface area (Å²) in [6.45, 7) is 2.58. The fourth-order valence-corrected chi connectivity index (χ4v) is 4.58. The highest BCUT2D eigenvalue weighted by Crippen LogP contribution is 2.31. The van der Waals surface area contributed by atoms with Gasteiger partial charge in [0.1, 0.15) is 6.61 Å². The van der Waals surface area contributed by atoms with Gasteiger partial charge in [0.25, 0.3) is 0 Å². The molecule has 1 aromatic heterocycles. The van der Waals surface area contributed by atoms with Crippen molar-refractivity contribution in [2.45, 2.75) is 18.0 Å². The predicted octanol–water partition coefficient (Wildman–Crippen LogP) is 3.82. The number of aromatic nitrogens is 3. The van der Waals surface area contributed by atoms with E-state index < -0.39 is 0 Å². The molecule has 0 unspecified atom stereocenters. The van der Waals surface area contributed by atoms with Gasteiger partial charge >= 0.3 is 0 Å². The highest BCUT2D eigenvalue weighted by molar-refractivity contribution is 7.99. The summed E-state index contributed by atoms with van der Waals surface area (Å²) < 4.78 is 12.9. The zero-order chi connectivity index (χ0) is 23.0. The first-order valence-electron chi connectivity index (χ1n) is 10.8. The molecule has 33 heavy (non-hydrogen) atoms. The molecule has 10 heteroatoms. The predicted molar refractivity (Wildman–Crippen MR) is 130 cm³/mol. The summed E-state index contributed by atoms with van der Waals surface area (Å²) in [4.78, 5) is 14.6. The van der Waals surface area contributed by atoms with Crippen LogP contribution in [0, 0.1) is 0 Å². The lowest BCUT2D eigenvalue weighted by Gasteiger charge is -2.19. The van der Waals surface area contributed by atoms with Crippen molar-refractivity contribution < 1.29 is 14.3 Å². The molecule has 2 heterocycles. The molecule has 0 spiro atoms. The van der Waals surface area contributed by atoms with Gasteiger partial charge in [-0.05, 0) is 37.1 Å². The third-order valence-corrected chi connectivity index (χ3v) is 6.43. The van der Waals surface area contributed by atoms with Crippen molar-refractivity contribution in [2.75, 3.05) is 44.0 Å². The van der Waals surface area contributed by atoms with Crippen LogP contribution in [-0.2, 0) is 4.79 Å². The Morgan fingerprint density at radius 2 is 1.82 bits per heavy atom. The van der Waals surface area contributed by atoms with E-state index in [1.165, 1.54) is 11.8 Å². The fourth-order valence-electron chi connectivity index (χ4n) is 3.59. The first kappa shape index (κ1) is 23.3. The minimum Gasteiger partial charge on any atom is -0.493 e. The van der Waals surface area contributed by atoms with Crippen molar-refractivity contribution in [1.82, 2.24) is 20.1 Å². The lowest BCUT2D eigenvalue weighted by atomic mass is 10.3. The van der Waals surface area contributed by atoms with Gasteiger partial charge in [-0.1, -0.05) is 47.6 Å². The van der Waals surface area contributed by atoms with E-state index in [9.17, 15) is 4.79 Å². The number of carbonyl (C=O) groups is 1. The third kappa shape index (κ3) is 5.72. The third-order valence-electron chi connectivity index (χ3n) is 5.18. The summed E-state index contributed by atoms with van der Waals surface area (Å²) in [6, 6.07) is 15.0. The van der Waals surface area contributed by atoms with E-state index >= 15 is 0 Å². The van der Waals surface area contributed by atoms with Crippen molar-refractivity contribution in [3.05, 3.63) is 53.6 Å². The number of carbonyl (C=O) groups excluding carboxylic acids is 1. The number of benzene rings is 2. The maximum absolute atomic E-state index is 12.4. The molecule has 1 saturated heterocycles. The van der Waals surface area contributed by atoms with Crippen LogP contribution in [0.4, 0.5) is 5.95 Å². The van der Waals surface area contributed by atoms with Crippen LogP contribution in [0.15, 0.2) is 53.7 Å². The Kier molecular flexibility index (Phi) is 7.96. The number of halogens is 1. The molecule has 1 N–H and O–H groups in total. The van der Waals surface area contributed by atoms with Crippen LogP contribution in [0.25, 0.3) is 5.69 Å². The summed E-state index contributed by atoms with van der Waals surface area (Å²) in [5, 5.41) is 12.9. The van der Waals surface area contributed by atoms with Gasteiger partial charge in [-0.2, -0.15) is 0 Å². The minimum absolute atomic E-state index is 0.111. The topological polar surface area (TPSA) is 81.5 Å². The summed E-state index contributed by atoms with van der Waals surface area (Å²) in [5.41, 5.74) is 0.805. The van der Waals surface area contributed by atoms with Crippen LogP contribution in [0.5, 0.6) is 11.5 Å². The quantitative estimate of drug-likeness (QED) is 0.344. The van der Waals surface area contributed by atoms with E-state index in [4.69, 9.17) is 21.1 Å². The van der Waals surface area contributed by atoms with E-state index in [2.05, 4.69) is 20.4 Å². The first-order chi connectivity index (χ1) is 16.2. The second kappa shape index (κ2) is 11.3. The molecule has 1 fully saturated rings. The average Bonchev–Trinajstić information content (AvgIpc) is 3.51. The normalized spacial score (nSPS) is 13.2. The Morgan fingerprint density at radius 1 is 1.09 bits per heavy atom. The molecule has 4 rings (SSSR count). The Morgan fingerprint density at radius 3 is 2.58 bits per heavy atom. The van der Waals surface area contributed by atoms with Crippen LogP contribution in [0.3, 0.4) is 0 Å². The van der Waals surface area contributed by atoms with Crippen LogP contribution in [0.1, 0.15) is 12.8 Å². The summed E-state index contributed by atoms with van der Waals surface area (Å²) in [6.07, 6.45) is 2.24. The van der Waals surface area contributed by atoms with Gasteiger partial charge in [0.05, 0.1) is 30.1 Å². The highest BCUT2D eigenvalue weighted by Gasteiger charge is 2.23. The van der Waals surface area contributed by atoms with Gasteiger partial charge < -0.3 is 19.7 Å². The summed E-state index contributed by atoms with van der Waals surface area (Å²) in [5.74, 6) is 2.16. The molecule has 0 aliphatic carbocycles. The molecule has 8 nitrogen and oxygen atoms in total. The Hall–Kier alpha value is -2.91. The van der Waals surface area contributed by atoms with Gasteiger partial charge in [-0.3, -0.25) is 9.36 Å². The van der Waals surface area contributed by atoms with Crippen molar-refractivity contribution in [3.8, 4) is 17.2 Å². The summed E-state index contributed by atoms with van der Waals surface area (Å²) >= 11 is 7.81. The smallest absolute Gasteiger partial charge is 0.232 e. The van der Waals surface area contributed by atoms with E-state index in [1.54, 1.807) is 7.11 Å². The van der Waals surface area contributed by atoms with Crippen LogP contribution in [-0.4, -0.2) is 59.8 Å². The van der Waals surface area contributed by atoms with E-state index in [0.29, 0.717) is 34.8 Å². The molecule has 0 atom stereocenters. The molecule has 0 bridgehead atoms. The van der Waals surface area contributed by atoms with Crippen LogP contribution >= 0.6 is 23.4 Å². The second-order valence-electron chi connectivity index (χ2n) is 7.40. The number of nitrogens with zero attached hydrogens (tertiary/aromatic N) is 4. The molecule has 1 amide bonds. The number of amides is 1. The van der Waals surface area contributed by atoms with Crippen molar-refractivity contribution >= 4 is 35.2 Å². The highest BCUT2D eigenvalue weighted by atomic mass is 35.5. The lowest BCUT2D eigenvalue weighted by molar-refractivity contribution is -0.118. The molecular formula is C23H26ClN5O3S. The van der Waals surface area contributed by atoms with Crippen molar-refractivity contribution in [3.63, 3.8) is 0 Å². The monoisotopic (exact) mass is 487 g/mol. The molecule has 0 saturated carbocycles. The number of methoxy groups -OCH3 is 1. The number of para-hydroxylation sites is 3. The molecule has 174 valence electrons. The largest absolute Gasteiger partial charge is 0.493 e. The molecule has 3 aromatic rings. The van der Waals surface area contributed by atoms with E-state index in [0.717, 1.165) is 37.6 Å². The molecule has 1 aliphatic heterocycles. The van der Waals surface area contributed by atoms with E-state index in [1.807, 2.05) is 53.1 Å². The standard InChI is InChI=1S/C23H26ClN5O3S/c1-31-19-10-4-5-11-20(19)32-15-12-25-21(30)16-33-23-27-26-22(28-13-6-7-14-28)29(23)18-9-3-2-8-17(18)24/h2-5,8-11H,6-7,12-16H2,1H3,(H,25,30). The van der Waals surface area contributed by atoms with Gasteiger partial charge in [0.2, 0.25) is 11.9 Å². The van der Waals surface area contributed by atoms with Crippen molar-refractivity contribution in [1.29, 1.82) is 0 Å². The number of anilines is 1. The van der Waals surface area contributed by atoms with Crippen LogP contribution < -0.4 is 19.7 Å². The first-order valence-corrected chi connectivity index (χ1v) is 12.1. The number of rotatable bonds is 10. The van der Waals surface area contributed by atoms with Crippen LogP contribution in [0.2, 0.25) is 5.02 Å². The van der Waals surface area contributed by atoms with Gasteiger partial charge in [-0.15, -0.1) is 10.2 Å². The maximum atomic E-state index is 12.4. The minimum atomic E-state index is -0.111. The molecule has 0 radical (unpaired) electrons. The number of hydrogen-bond donors (Lipinski definition) is 1. The van der Waals surface area contributed by atoms with Crippen molar-refractivity contribution in [2.24, 2.45) is 0 Å². The molecule has 2 aromatic carbocycles. The Balaban J connectivity index is 1.36. The number of ether oxygens (including phenoxy) is 2. The van der Waals surface area contributed by atoms with E-state index in [-0.39, 0.29) is 11.7 Å². The number of thioether (sulfide) groups is 1. The zero-order valence-corrected chi connectivity index (χ0v) is 19.9. The zero-order valence-electron chi connectivity index (χ0n) is 18.4. The Bertz CT molecular complexity index is 1090. The van der Waals surface area contributed by atoms with Gasteiger partial charge in [-0.25, -0.2) is 0 Å². The van der Waals surface area contributed by atoms with Gasteiger partial charge in [0, 0.05) is 13.1 Å². The molecular weight excluding hydrogens is 462 g/mol. The molecule has 1 aliphatic rings. The fraction of sp³-hybridized carbons (Fsp3) is 0.348. The average molecular weight is 488 g/mol. The maximum Gasteiger partial charge on any atom is 0.232 e. The lowest BCUT2D eigenvalue weighted by Crippen LogP contribution is -2.29.